The average molecular weight is 494 g/mol. The molecule has 4 heterocycles. The molecule has 0 bridgehead atoms. The van der Waals surface area contributed by atoms with Crippen LogP contribution in [0.2, 0.25) is 0 Å². The molecule has 1 amide bonds. The first-order valence-corrected chi connectivity index (χ1v) is 12.7. The molecule has 4 aromatic heterocycles. The molecule has 2 aliphatic rings. The topological polar surface area (TPSA) is 110 Å². The number of amides is 1. The van der Waals surface area contributed by atoms with Crippen molar-refractivity contribution in [2.75, 3.05) is 0 Å². The molecule has 186 valence electrons. The lowest BCUT2D eigenvalue weighted by molar-refractivity contribution is -0.0196. The number of carbonyl (C=O) groups excluding carboxylic acids is 1. The van der Waals surface area contributed by atoms with E-state index in [9.17, 15) is 9.59 Å². The standard InChI is InChI=1S/C28H27N7O2/c1-16-22(13-29-34(16)2)17-7-8-24-23(14-30-35(24)15-17)26(36)31-19-11-28(12-19)9-18(10-28)25-20-5-3-4-6-21(20)27(37)33-32-25/h3-8,13-15,18-19H,9-12H2,1-2H3,(H,31,36)(H,33,37). The molecule has 0 unspecified atom stereocenters. The molecule has 0 atom stereocenters. The maximum atomic E-state index is 13.1. The number of pyridine rings is 1. The van der Waals surface area contributed by atoms with Gasteiger partial charge in [0, 0.05) is 47.4 Å². The zero-order valence-electron chi connectivity index (χ0n) is 20.7. The van der Waals surface area contributed by atoms with Crippen molar-refractivity contribution in [3.8, 4) is 11.1 Å². The molecule has 9 nitrogen and oxygen atoms in total. The molecule has 2 saturated carbocycles. The van der Waals surface area contributed by atoms with Crippen molar-refractivity contribution in [3.63, 3.8) is 0 Å². The first-order valence-electron chi connectivity index (χ1n) is 12.7. The summed E-state index contributed by atoms with van der Waals surface area (Å²) in [5, 5.41) is 20.7. The Morgan fingerprint density at radius 1 is 1.05 bits per heavy atom. The molecule has 2 fully saturated rings. The van der Waals surface area contributed by atoms with Crippen molar-refractivity contribution in [3.05, 3.63) is 82.3 Å². The Morgan fingerprint density at radius 2 is 1.84 bits per heavy atom. The van der Waals surface area contributed by atoms with Gasteiger partial charge >= 0.3 is 0 Å². The van der Waals surface area contributed by atoms with Crippen molar-refractivity contribution in [1.29, 1.82) is 0 Å². The largest absolute Gasteiger partial charge is 0.349 e. The molecule has 37 heavy (non-hydrogen) atoms. The maximum Gasteiger partial charge on any atom is 0.272 e. The van der Waals surface area contributed by atoms with E-state index in [2.05, 4.69) is 25.7 Å². The molecular formula is C28H27N7O2. The quantitative estimate of drug-likeness (QED) is 0.396. The van der Waals surface area contributed by atoms with Gasteiger partial charge in [-0.25, -0.2) is 9.61 Å². The number of fused-ring (bicyclic) bond motifs is 2. The van der Waals surface area contributed by atoms with Crippen molar-refractivity contribution >= 4 is 22.2 Å². The number of aromatic amines is 1. The third-order valence-electron chi connectivity index (χ3n) is 8.47. The summed E-state index contributed by atoms with van der Waals surface area (Å²) in [6, 6.07) is 11.8. The maximum absolute atomic E-state index is 13.1. The second-order valence-corrected chi connectivity index (χ2v) is 10.7. The monoisotopic (exact) mass is 493 g/mol. The third-order valence-corrected chi connectivity index (χ3v) is 8.47. The van der Waals surface area contributed by atoms with E-state index in [1.54, 1.807) is 10.7 Å². The van der Waals surface area contributed by atoms with Crippen molar-refractivity contribution in [2.45, 2.75) is 44.6 Å². The second-order valence-electron chi connectivity index (χ2n) is 10.7. The van der Waals surface area contributed by atoms with Crippen LogP contribution in [0.3, 0.4) is 0 Å². The Balaban J connectivity index is 1.01. The molecule has 9 heteroatoms. The summed E-state index contributed by atoms with van der Waals surface area (Å²) in [6.07, 6.45) is 9.45. The van der Waals surface area contributed by atoms with E-state index < -0.39 is 0 Å². The van der Waals surface area contributed by atoms with Gasteiger partial charge in [-0.05, 0) is 50.2 Å². The summed E-state index contributed by atoms with van der Waals surface area (Å²) in [5.74, 6) is 0.264. The van der Waals surface area contributed by atoms with Crippen LogP contribution in [-0.2, 0) is 7.05 Å². The van der Waals surface area contributed by atoms with Gasteiger partial charge in [-0.1, -0.05) is 24.3 Å². The minimum Gasteiger partial charge on any atom is -0.349 e. The fourth-order valence-electron chi connectivity index (χ4n) is 6.41. The van der Waals surface area contributed by atoms with Gasteiger partial charge in [-0.2, -0.15) is 15.3 Å². The van der Waals surface area contributed by atoms with E-state index in [0.717, 1.165) is 59.1 Å². The van der Waals surface area contributed by atoms with Crippen molar-refractivity contribution in [2.24, 2.45) is 12.5 Å². The average Bonchev–Trinajstić information content (AvgIpc) is 3.43. The molecular weight excluding hydrogens is 466 g/mol. The Morgan fingerprint density at radius 3 is 2.59 bits per heavy atom. The number of benzene rings is 1. The van der Waals surface area contributed by atoms with Gasteiger partial charge < -0.3 is 5.32 Å². The van der Waals surface area contributed by atoms with Gasteiger partial charge in [0.05, 0.1) is 34.6 Å². The minimum atomic E-state index is -0.143. The van der Waals surface area contributed by atoms with Gasteiger partial charge in [0.15, 0.2) is 0 Å². The van der Waals surface area contributed by atoms with E-state index in [-0.39, 0.29) is 22.9 Å². The number of aromatic nitrogens is 6. The molecule has 2 aliphatic carbocycles. The normalized spacial score (nSPS) is 22.8. The fraction of sp³-hybridized carbons (Fsp3) is 0.321. The Kier molecular flexibility index (Phi) is 4.67. The summed E-state index contributed by atoms with van der Waals surface area (Å²) in [4.78, 5) is 25.2. The number of aryl methyl sites for hydroxylation is 1. The molecule has 0 aliphatic heterocycles. The lowest BCUT2D eigenvalue weighted by Crippen LogP contribution is -2.55. The smallest absolute Gasteiger partial charge is 0.272 e. The highest BCUT2D eigenvalue weighted by atomic mass is 16.1. The first kappa shape index (κ1) is 22.0. The van der Waals surface area contributed by atoms with E-state index in [1.165, 1.54) is 0 Å². The van der Waals surface area contributed by atoms with Gasteiger partial charge in [0.1, 0.15) is 0 Å². The number of nitrogens with one attached hydrogen (secondary N) is 2. The number of carbonyl (C=O) groups is 1. The van der Waals surface area contributed by atoms with Crippen LogP contribution >= 0.6 is 0 Å². The van der Waals surface area contributed by atoms with Crippen molar-refractivity contribution < 1.29 is 4.79 Å². The van der Waals surface area contributed by atoms with E-state index in [1.807, 2.05) is 67.4 Å². The zero-order valence-corrected chi connectivity index (χ0v) is 20.7. The summed E-state index contributed by atoms with van der Waals surface area (Å²) >= 11 is 0. The molecule has 1 aromatic carbocycles. The van der Waals surface area contributed by atoms with E-state index in [4.69, 9.17) is 0 Å². The Labute approximate surface area is 212 Å². The molecule has 2 N–H and O–H groups in total. The second kappa shape index (κ2) is 7.86. The minimum absolute atomic E-state index is 0.0793. The van der Waals surface area contributed by atoms with Gasteiger partial charge in [0.25, 0.3) is 11.5 Å². The fourth-order valence-corrected chi connectivity index (χ4v) is 6.41. The molecule has 0 saturated heterocycles. The van der Waals surface area contributed by atoms with Gasteiger partial charge in [0.2, 0.25) is 0 Å². The van der Waals surface area contributed by atoms with Crippen LogP contribution in [0.4, 0.5) is 0 Å². The number of hydrogen-bond acceptors (Lipinski definition) is 5. The van der Waals surface area contributed by atoms with E-state index in [0.29, 0.717) is 16.9 Å². The van der Waals surface area contributed by atoms with E-state index >= 15 is 0 Å². The zero-order chi connectivity index (χ0) is 25.3. The van der Waals surface area contributed by atoms with Gasteiger partial charge in [-0.3, -0.25) is 14.3 Å². The van der Waals surface area contributed by atoms with Crippen molar-refractivity contribution in [1.82, 2.24) is 34.9 Å². The summed E-state index contributed by atoms with van der Waals surface area (Å²) < 4.78 is 3.60. The Hall–Kier alpha value is -4.27. The molecule has 0 radical (unpaired) electrons. The highest BCUT2D eigenvalue weighted by molar-refractivity contribution is 6.01. The number of hydrogen-bond donors (Lipinski definition) is 2. The molecule has 7 rings (SSSR count). The lowest BCUT2D eigenvalue weighted by Gasteiger charge is -2.57. The number of nitrogens with zero attached hydrogens (tertiary/aromatic N) is 5. The summed E-state index contributed by atoms with van der Waals surface area (Å²) in [6.45, 7) is 2.03. The van der Waals surface area contributed by atoms with Crippen LogP contribution in [0.15, 0.2) is 59.8 Å². The predicted molar refractivity (Wildman–Crippen MR) is 139 cm³/mol. The lowest BCUT2D eigenvalue weighted by atomic mass is 9.49. The first-order chi connectivity index (χ1) is 17.9. The van der Waals surface area contributed by atoms with Crippen LogP contribution in [-0.4, -0.2) is 41.5 Å². The highest BCUT2D eigenvalue weighted by Crippen LogP contribution is 2.62. The third kappa shape index (κ3) is 3.41. The Bertz CT molecular complexity index is 1750. The van der Waals surface area contributed by atoms with Crippen LogP contribution in [0.1, 0.15) is 53.3 Å². The molecule has 1 spiro atoms. The predicted octanol–water partition coefficient (Wildman–Crippen LogP) is 3.74. The molecule has 5 aromatic rings. The summed E-state index contributed by atoms with van der Waals surface area (Å²) in [5.41, 5.74) is 5.62. The number of H-pyrrole nitrogens is 1. The SMILES string of the molecule is Cc1c(-c2ccc3c(C(=O)NC4CC5(C4)CC(c4n[nH]c(=O)c6ccccc46)C5)cnn3c2)cnn1C. The van der Waals surface area contributed by atoms with Crippen LogP contribution in [0.5, 0.6) is 0 Å². The summed E-state index contributed by atoms with van der Waals surface area (Å²) in [7, 11) is 1.92. The highest BCUT2D eigenvalue weighted by Gasteiger charge is 2.54. The van der Waals surface area contributed by atoms with Crippen LogP contribution in [0.25, 0.3) is 27.4 Å². The number of rotatable bonds is 4. The van der Waals surface area contributed by atoms with Gasteiger partial charge in [-0.15, -0.1) is 0 Å². The van der Waals surface area contributed by atoms with Crippen LogP contribution < -0.4 is 10.9 Å². The van der Waals surface area contributed by atoms with Crippen LogP contribution in [0, 0.1) is 12.3 Å².